The van der Waals surface area contributed by atoms with Gasteiger partial charge in [0.2, 0.25) is 0 Å². The predicted molar refractivity (Wildman–Crippen MR) is 70.8 cm³/mol. The first-order chi connectivity index (χ1) is 8.36. The quantitative estimate of drug-likeness (QED) is 0.847. The molecule has 1 heterocycles. The number of nitrogens with zero attached hydrogens (tertiary/aromatic N) is 1. The van der Waals surface area contributed by atoms with E-state index in [1.807, 2.05) is 18.5 Å². The number of aromatic nitrogens is 1. The molecule has 0 aliphatic carbocycles. The van der Waals surface area contributed by atoms with E-state index in [9.17, 15) is 0 Å². The molecule has 0 radical (unpaired) electrons. The number of benzene rings is 1. The van der Waals surface area contributed by atoms with Gasteiger partial charge in [0.1, 0.15) is 0 Å². The molecule has 0 aliphatic heterocycles. The zero-order valence-electron chi connectivity index (χ0n) is 10.1. The topological polar surface area (TPSA) is 24.9 Å². The highest BCUT2D eigenvalue weighted by atomic mass is 14.9. The predicted octanol–water partition coefficient (Wildman–Crippen LogP) is 2.97. The number of rotatable bonds is 5. The van der Waals surface area contributed by atoms with Crippen molar-refractivity contribution in [2.24, 2.45) is 0 Å². The Morgan fingerprint density at radius 2 is 1.76 bits per heavy atom. The third kappa shape index (κ3) is 3.68. The fourth-order valence-electron chi connectivity index (χ4n) is 1.84. The standard InChI is InChI=1S/C15H18N2/c1-13(15-5-3-2-4-6-15)17-12-9-14-7-10-16-11-8-14/h2-8,10-11,13,17H,9,12H2,1H3. The van der Waals surface area contributed by atoms with E-state index in [4.69, 9.17) is 0 Å². The minimum Gasteiger partial charge on any atom is -0.310 e. The summed E-state index contributed by atoms with van der Waals surface area (Å²) in [6, 6.07) is 15.1. The Morgan fingerprint density at radius 1 is 1.06 bits per heavy atom. The molecule has 17 heavy (non-hydrogen) atoms. The average Bonchev–Trinajstić information content (AvgIpc) is 2.41. The van der Waals surface area contributed by atoms with Gasteiger partial charge >= 0.3 is 0 Å². The fraction of sp³-hybridized carbons (Fsp3) is 0.267. The number of hydrogen-bond donors (Lipinski definition) is 1. The molecule has 1 N–H and O–H groups in total. The van der Waals surface area contributed by atoms with E-state index in [1.165, 1.54) is 11.1 Å². The van der Waals surface area contributed by atoms with Crippen LogP contribution >= 0.6 is 0 Å². The van der Waals surface area contributed by atoms with Crippen LogP contribution < -0.4 is 5.32 Å². The molecule has 0 amide bonds. The lowest BCUT2D eigenvalue weighted by atomic mass is 10.1. The van der Waals surface area contributed by atoms with Gasteiger partial charge in [-0.15, -0.1) is 0 Å². The lowest BCUT2D eigenvalue weighted by Gasteiger charge is -2.13. The summed E-state index contributed by atoms with van der Waals surface area (Å²) >= 11 is 0. The van der Waals surface area contributed by atoms with Crippen molar-refractivity contribution < 1.29 is 0 Å². The van der Waals surface area contributed by atoms with Gasteiger partial charge in [0.05, 0.1) is 0 Å². The zero-order valence-corrected chi connectivity index (χ0v) is 10.1. The molecule has 1 unspecified atom stereocenters. The summed E-state index contributed by atoms with van der Waals surface area (Å²) in [5.74, 6) is 0. The van der Waals surface area contributed by atoms with Gasteiger partial charge in [-0.05, 0) is 43.1 Å². The highest BCUT2D eigenvalue weighted by molar-refractivity contribution is 5.18. The number of pyridine rings is 1. The Morgan fingerprint density at radius 3 is 2.47 bits per heavy atom. The molecule has 2 aromatic rings. The first-order valence-corrected chi connectivity index (χ1v) is 6.03. The largest absolute Gasteiger partial charge is 0.310 e. The first kappa shape index (κ1) is 11.8. The molecule has 0 aliphatic rings. The van der Waals surface area contributed by atoms with Gasteiger partial charge in [-0.25, -0.2) is 0 Å². The highest BCUT2D eigenvalue weighted by Crippen LogP contribution is 2.10. The van der Waals surface area contributed by atoms with Crippen LogP contribution in [0.5, 0.6) is 0 Å². The second-order valence-corrected chi connectivity index (χ2v) is 4.19. The molecule has 2 heteroatoms. The fourth-order valence-corrected chi connectivity index (χ4v) is 1.84. The third-order valence-electron chi connectivity index (χ3n) is 2.91. The van der Waals surface area contributed by atoms with Crippen molar-refractivity contribution in [3.63, 3.8) is 0 Å². The molecule has 1 aromatic heterocycles. The van der Waals surface area contributed by atoms with Crippen LogP contribution in [0.3, 0.4) is 0 Å². The summed E-state index contributed by atoms with van der Waals surface area (Å²) in [6.45, 7) is 3.18. The maximum atomic E-state index is 4.02. The van der Waals surface area contributed by atoms with Crippen LogP contribution in [-0.4, -0.2) is 11.5 Å². The minimum atomic E-state index is 0.401. The maximum absolute atomic E-state index is 4.02. The van der Waals surface area contributed by atoms with E-state index < -0.39 is 0 Å². The summed E-state index contributed by atoms with van der Waals surface area (Å²) in [6.07, 6.45) is 4.73. The normalized spacial score (nSPS) is 12.3. The van der Waals surface area contributed by atoms with Crippen LogP contribution in [0.4, 0.5) is 0 Å². The molecule has 0 spiro atoms. The summed E-state index contributed by atoms with van der Waals surface area (Å²) < 4.78 is 0. The Labute approximate surface area is 103 Å². The van der Waals surface area contributed by atoms with Crippen LogP contribution in [0.25, 0.3) is 0 Å². The second-order valence-electron chi connectivity index (χ2n) is 4.19. The monoisotopic (exact) mass is 226 g/mol. The van der Waals surface area contributed by atoms with Gasteiger partial charge in [0.15, 0.2) is 0 Å². The Balaban J connectivity index is 1.79. The number of nitrogens with one attached hydrogen (secondary N) is 1. The SMILES string of the molecule is CC(NCCc1ccncc1)c1ccccc1. The van der Waals surface area contributed by atoms with Crippen molar-refractivity contribution in [2.75, 3.05) is 6.54 Å². The minimum absolute atomic E-state index is 0.401. The van der Waals surface area contributed by atoms with E-state index in [1.54, 1.807) is 0 Å². The van der Waals surface area contributed by atoms with Crippen molar-refractivity contribution in [1.29, 1.82) is 0 Å². The van der Waals surface area contributed by atoms with Gasteiger partial charge in [-0.2, -0.15) is 0 Å². The zero-order chi connectivity index (χ0) is 11.9. The van der Waals surface area contributed by atoms with Crippen LogP contribution in [0.2, 0.25) is 0 Å². The average molecular weight is 226 g/mol. The Hall–Kier alpha value is -1.67. The van der Waals surface area contributed by atoms with Crippen molar-refractivity contribution in [3.8, 4) is 0 Å². The summed E-state index contributed by atoms with van der Waals surface area (Å²) in [4.78, 5) is 4.02. The summed E-state index contributed by atoms with van der Waals surface area (Å²) in [5, 5.41) is 3.53. The second kappa shape index (κ2) is 6.16. The van der Waals surface area contributed by atoms with Gasteiger partial charge in [0.25, 0.3) is 0 Å². The van der Waals surface area contributed by atoms with Crippen molar-refractivity contribution in [1.82, 2.24) is 10.3 Å². The summed E-state index contributed by atoms with van der Waals surface area (Å²) in [5.41, 5.74) is 2.66. The molecule has 0 saturated carbocycles. The van der Waals surface area contributed by atoms with Gasteiger partial charge in [0, 0.05) is 18.4 Å². The van der Waals surface area contributed by atoms with Crippen LogP contribution in [-0.2, 0) is 6.42 Å². The van der Waals surface area contributed by atoms with E-state index in [2.05, 4.69) is 53.6 Å². The van der Waals surface area contributed by atoms with Crippen molar-refractivity contribution in [3.05, 3.63) is 66.0 Å². The van der Waals surface area contributed by atoms with E-state index >= 15 is 0 Å². The molecule has 1 aromatic carbocycles. The molecule has 2 nitrogen and oxygen atoms in total. The molecule has 88 valence electrons. The summed E-state index contributed by atoms with van der Waals surface area (Å²) in [7, 11) is 0. The third-order valence-corrected chi connectivity index (χ3v) is 2.91. The first-order valence-electron chi connectivity index (χ1n) is 6.03. The Kier molecular flexibility index (Phi) is 4.28. The van der Waals surface area contributed by atoms with Crippen LogP contribution in [0.15, 0.2) is 54.9 Å². The van der Waals surface area contributed by atoms with Crippen molar-refractivity contribution >= 4 is 0 Å². The van der Waals surface area contributed by atoms with E-state index in [0.717, 1.165) is 13.0 Å². The molecular formula is C15H18N2. The van der Waals surface area contributed by atoms with Gasteiger partial charge in [-0.1, -0.05) is 30.3 Å². The molecule has 0 bridgehead atoms. The molecule has 0 fully saturated rings. The van der Waals surface area contributed by atoms with Crippen molar-refractivity contribution in [2.45, 2.75) is 19.4 Å². The molecular weight excluding hydrogens is 208 g/mol. The molecule has 0 saturated heterocycles. The van der Waals surface area contributed by atoms with Crippen LogP contribution in [0.1, 0.15) is 24.1 Å². The highest BCUT2D eigenvalue weighted by Gasteiger charge is 2.02. The van der Waals surface area contributed by atoms with Gasteiger partial charge < -0.3 is 5.32 Å². The van der Waals surface area contributed by atoms with E-state index in [0.29, 0.717) is 6.04 Å². The maximum Gasteiger partial charge on any atom is 0.0291 e. The smallest absolute Gasteiger partial charge is 0.0291 e. The van der Waals surface area contributed by atoms with Gasteiger partial charge in [-0.3, -0.25) is 4.98 Å². The molecule has 2 rings (SSSR count). The lowest BCUT2D eigenvalue weighted by Crippen LogP contribution is -2.21. The van der Waals surface area contributed by atoms with Crippen LogP contribution in [0, 0.1) is 0 Å². The lowest BCUT2D eigenvalue weighted by molar-refractivity contribution is 0.577. The van der Waals surface area contributed by atoms with E-state index in [-0.39, 0.29) is 0 Å². The Bertz CT molecular complexity index is 425. The molecule has 1 atom stereocenters. The number of hydrogen-bond acceptors (Lipinski definition) is 2.